The van der Waals surface area contributed by atoms with Gasteiger partial charge in [-0.2, -0.15) is 0 Å². The smallest absolute Gasteiger partial charge is 0.253 e. The third kappa shape index (κ3) is 4.59. The first-order chi connectivity index (χ1) is 12.7. The van der Waals surface area contributed by atoms with Crippen molar-refractivity contribution in [2.75, 3.05) is 20.2 Å². The number of hydrogen-bond acceptors (Lipinski definition) is 4. The van der Waals surface area contributed by atoms with Gasteiger partial charge in [-0.1, -0.05) is 12.1 Å². The van der Waals surface area contributed by atoms with Crippen molar-refractivity contribution in [3.63, 3.8) is 0 Å². The molecule has 1 aromatic carbocycles. The van der Waals surface area contributed by atoms with Gasteiger partial charge in [-0.05, 0) is 42.7 Å². The number of likely N-dealkylation sites (tertiary alicyclic amines) is 1. The van der Waals surface area contributed by atoms with Crippen LogP contribution in [0.25, 0.3) is 0 Å². The third-order valence-corrected chi connectivity index (χ3v) is 4.62. The molecule has 0 atom stereocenters. The van der Waals surface area contributed by atoms with Gasteiger partial charge in [0.2, 0.25) is 5.91 Å². The molecule has 0 radical (unpaired) electrons. The minimum absolute atomic E-state index is 0.0905. The summed E-state index contributed by atoms with van der Waals surface area (Å²) in [5.74, 6) is 0.791. The molecule has 0 spiro atoms. The number of piperidine rings is 1. The number of ether oxygens (including phenoxy) is 1. The Labute approximate surface area is 153 Å². The molecule has 1 saturated heterocycles. The summed E-state index contributed by atoms with van der Waals surface area (Å²) in [4.78, 5) is 30.5. The fourth-order valence-corrected chi connectivity index (χ4v) is 3.07. The molecule has 1 fully saturated rings. The van der Waals surface area contributed by atoms with Gasteiger partial charge in [0.25, 0.3) is 5.91 Å². The number of nitrogens with zero attached hydrogens (tertiary/aromatic N) is 2. The summed E-state index contributed by atoms with van der Waals surface area (Å²) in [6.45, 7) is 1.32. The van der Waals surface area contributed by atoms with E-state index in [1.165, 1.54) is 0 Å². The molecular formula is C20H23N3O3. The van der Waals surface area contributed by atoms with Crippen LogP contribution in [0.4, 0.5) is 0 Å². The lowest BCUT2D eigenvalue weighted by Gasteiger charge is -2.32. The van der Waals surface area contributed by atoms with Crippen LogP contribution in [0.1, 0.15) is 28.8 Å². The van der Waals surface area contributed by atoms with Gasteiger partial charge in [-0.3, -0.25) is 14.6 Å². The minimum atomic E-state index is -0.110. The molecule has 0 unspecified atom stereocenters. The van der Waals surface area contributed by atoms with E-state index in [9.17, 15) is 9.59 Å². The van der Waals surface area contributed by atoms with E-state index in [1.54, 1.807) is 31.6 Å². The highest BCUT2D eigenvalue weighted by Crippen LogP contribution is 2.15. The summed E-state index contributed by atoms with van der Waals surface area (Å²) >= 11 is 0. The number of amides is 2. The lowest BCUT2D eigenvalue weighted by molar-refractivity contribution is -0.131. The molecule has 1 aliphatic rings. The molecule has 6 heteroatoms. The minimum Gasteiger partial charge on any atom is -0.497 e. The van der Waals surface area contributed by atoms with E-state index in [0.717, 1.165) is 24.2 Å². The van der Waals surface area contributed by atoms with Gasteiger partial charge in [0.1, 0.15) is 5.75 Å². The number of rotatable bonds is 5. The summed E-state index contributed by atoms with van der Waals surface area (Å²) in [6.07, 6.45) is 5.12. The zero-order valence-corrected chi connectivity index (χ0v) is 14.9. The molecule has 0 aliphatic carbocycles. The normalized spacial score (nSPS) is 14.7. The Hall–Kier alpha value is -2.89. The predicted octanol–water partition coefficient (Wildman–Crippen LogP) is 2.05. The molecule has 1 aromatic heterocycles. The first-order valence-electron chi connectivity index (χ1n) is 8.77. The van der Waals surface area contributed by atoms with Crippen molar-refractivity contribution in [3.8, 4) is 5.75 Å². The largest absolute Gasteiger partial charge is 0.497 e. The first-order valence-corrected chi connectivity index (χ1v) is 8.77. The average molecular weight is 353 g/mol. The second-order valence-corrected chi connectivity index (χ2v) is 6.40. The van der Waals surface area contributed by atoms with Gasteiger partial charge < -0.3 is 15.0 Å². The number of carbonyl (C=O) groups excluding carboxylic acids is 2. The van der Waals surface area contributed by atoms with Crippen molar-refractivity contribution >= 4 is 11.8 Å². The zero-order valence-electron chi connectivity index (χ0n) is 14.9. The van der Waals surface area contributed by atoms with E-state index >= 15 is 0 Å². The molecule has 1 N–H and O–H groups in total. The van der Waals surface area contributed by atoms with Gasteiger partial charge in [0.05, 0.1) is 19.1 Å². The highest BCUT2D eigenvalue weighted by Gasteiger charge is 2.24. The Kier molecular flexibility index (Phi) is 5.84. The SMILES string of the molecule is COc1ccc(CC(=O)N2CCC(NC(=O)c3cccnc3)CC2)cc1. The number of benzene rings is 1. The second kappa shape index (κ2) is 8.47. The third-order valence-electron chi connectivity index (χ3n) is 4.62. The number of carbonyl (C=O) groups is 2. The van der Waals surface area contributed by atoms with E-state index in [0.29, 0.717) is 25.1 Å². The zero-order chi connectivity index (χ0) is 18.4. The van der Waals surface area contributed by atoms with E-state index in [4.69, 9.17) is 4.74 Å². The van der Waals surface area contributed by atoms with Crippen molar-refractivity contribution in [1.29, 1.82) is 0 Å². The van der Waals surface area contributed by atoms with Crippen LogP contribution in [0.2, 0.25) is 0 Å². The Morgan fingerprint density at radius 3 is 2.54 bits per heavy atom. The molecule has 1 aliphatic heterocycles. The number of hydrogen-bond donors (Lipinski definition) is 1. The standard InChI is InChI=1S/C20H23N3O3/c1-26-18-6-4-15(5-7-18)13-19(24)23-11-8-17(9-12-23)22-20(25)16-3-2-10-21-14-16/h2-7,10,14,17H,8-9,11-13H2,1H3,(H,22,25). The quantitative estimate of drug-likeness (QED) is 0.893. The molecule has 136 valence electrons. The Bertz CT molecular complexity index is 739. The van der Waals surface area contributed by atoms with E-state index in [-0.39, 0.29) is 17.9 Å². The molecule has 2 heterocycles. The monoisotopic (exact) mass is 353 g/mol. The van der Waals surface area contributed by atoms with Crippen LogP contribution in [0.3, 0.4) is 0 Å². The second-order valence-electron chi connectivity index (χ2n) is 6.40. The molecule has 0 bridgehead atoms. The molecular weight excluding hydrogens is 330 g/mol. The average Bonchev–Trinajstić information content (AvgIpc) is 2.69. The van der Waals surface area contributed by atoms with Crippen molar-refractivity contribution in [1.82, 2.24) is 15.2 Å². The molecule has 2 aromatic rings. The summed E-state index contributed by atoms with van der Waals surface area (Å²) in [5.41, 5.74) is 1.54. The highest BCUT2D eigenvalue weighted by molar-refractivity contribution is 5.94. The molecule has 0 saturated carbocycles. The Morgan fingerprint density at radius 1 is 1.19 bits per heavy atom. The van der Waals surface area contributed by atoms with Crippen LogP contribution in [0.15, 0.2) is 48.8 Å². The Balaban J connectivity index is 1.46. The maximum Gasteiger partial charge on any atom is 0.253 e. The predicted molar refractivity (Wildman–Crippen MR) is 98.0 cm³/mol. The fraction of sp³-hybridized carbons (Fsp3) is 0.350. The van der Waals surface area contributed by atoms with Crippen LogP contribution >= 0.6 is 0 Å². The van der Waals surface area contributed by atoms with Crippen LogP contribution < -0.4 is 10.1 Å². The van der Waals surface area contributed by atoms with Crippen LogP contribution in [0.5, 0.6) is 5.75 Å². The van der Waals surface area contributed by atoms with Gasteiger partial charge in [-0.25, -0.2) is 0 Å². The molecule has 6 nitrogen and oxygen atoms in total. The van der Waals surface area contributed by atoms with Crippen molar-refractivity contribution in [2.45, 2.75) is 25.3 Å². The summed E-state index contributed by atoms with van der Waals surface area (Å²) in [5, 5.41) is 3.03. The topological polar surface area (TPSA) is 71.5 Å². The van der Waals surface area contributed by atoms with Gasteiger partial charge >= 0.3 is 0 Å². The van der Waals surface area contributed by atoms with E-state index < -0.39 is 0 Å². The molecule has 2 amide bonds. The number of pyridine rings is 1. The van der Waals surface area contributed by atoms with Crippen LogP contribution in [0, 0.1) is 0 Å². The number of aromatic nitrogens is 1. The van der Waals surface area contributed by atoms with Crippen molar-refractivity contribution < 1.29 is 14.3 Å². The summed E-state index contributed by atoms with van der Waals surface area (Å²) in [6, 6.07) is 11.1. The van der Waals surface area contributed by atoms with Gasteiger partial charge in [0.15, 0.2) is 0 Å². The van der Waals surface area contributed by atoms with Crippen LogP contribution in [-0.2, 0) is 11.2 Å². The molecule has 26 heavy (non-hydrogen) atoms. The van der Waals surface area contributed by atoms with E-state index in [1.807, 2.05) is 29.2 Å². The lowest BCUT2D eigenvalue weighted by atomic mass is 10.0. The van der Waals surface area contributed by atoms with E-state index in [2.05, 4.69) is 10.3 Å². The molecule has 3 rings (SSSR count). The number of methoxy groups -OCH3 is 1. The lowest BCUT2D eigenvalue weighted by Crippen LogP contribution is -2.47. The highest BCUT2D eigenvalue weighted by atomic mass is 16.5. The Morgan fingerprint density at radius 2 is 1.92 bits per heavy atom. The summed E-state index contributed by atoms with van der Waals surface area (Å²) in [7, 11) is 1.62. The maximum atomic E-state index is 12.5. The maximum absolute atomic E-state index is 12.5. The first kappa shape index (κ1) is 17.9. The van der Waals surface area contributed by atoms with Crippen molar-refractivity contribution in [3.05, 3.63) is 59.9 Å². The van der Waals surface area contributed by atoms with Crippen LogP contribution in [-0.4, -0.2) is 47.9 Å². The van der Waals surface area contributed by atoms with Gasteiger partial charge in [0, 0.05) is 31.5 Å². The fourth-order valence-electron chi connectivity index (χ4n) is 3.07. The van der Waals surface area contributed by atoms with Crippen molar-refractivity contribution in [2.24, 2.45) is 0 Å². The number of nitrogens with one attached hydrogen (secondary N) is 1. The summed E-state index contributed by atoms with van der Waals surface area (Å²) < 4.78 is 5.13. The van der Waals surface area contributed by atoms with Gasteiger partial charge in [-0.15, -0.1) is 0 Å².